The van der Waals surface area contributed by atoms with Crippen LogP contribution < -0.4 is 0 Å². The second-order valence-corrected chi connectivity index (χ2v) is 2.70. The minimum Gasteiger partial charge on any atom is -0.459 e. The summed E-state index contributed by atoms with van der Waals surface area (Å²) in [6.07, 6.45) is 0. The van der Waals surface area contributed by atoms with E-state index in [2.05, 4.69) is 16.6 Å². The second-order valence-electron chi connectivity index (χ2n) is 1.43. The molecule has 0 heterocycles. The lowest BCUT2D eigenvalue weighted by Crippen LogP contribution is -1.94. The Morgan fingerprint density at radius 1 is 1.70 bits per heavy atom. The summed E-state index contributed by atoms with van der Waals surface area (Å²) < 4.78 is 4.31. The third-order valence-electron chi connectivity index (χ3n) is 0.754. The van der Waals surface area contributed by atoms with Gasteiger partial charge in [-0.3, -0.25) is 0 Å². The van der Waals surface area contributed by atoms with Crippen LogP contribution in [0.4, 0.5) is 0 Å². The summed E-state index contributed by atoms with van der Waals surface area (Å²) in [7, 11) is 1.32. The zero-order valence-corrected chi connectivity index (χ0v) is 6.96. The van der Waals surface area contributed by atoms with Gasteiger partial charge in [0.2, 0.25) is 0 Å². The third-order valence-corrected chi connectivity index (χ3v) is 1.51. The molecule has 0 aromatic heterocycles. The fourth-order valence-electron chi connectivity index (χ4n) is 0.312. The number of hydrogen-bond acceptors (Lipinski definition) is 3. The summed E-state index contributed by atoms with van der Waals surface area (Å²) in [4.78, 5) is 10.4. The van der Waals surface area contributed by atoms with E-state index in [0.29, 0.717) is 5.75 Å². The van der Waals surface area contributed by atoms with Crippen LogP contribution in [0.1, 0.15) is 6.92 Å². The van der Waals surface area contributed by atoms with Crippen molar-refractivity contribution in [3.8, 4) is 11.8 Å². The van der Waals surface area contributed by atoms with Crippen LogP contribution in [0, 0.1) is 11.8 Å². The van der Waals surface area contributed by atoms with Gasteiger partial charge in [-0.15, -0.1) is 11.8 Å². The van der Waals surface area contributed by atoms with Gasteiger partial charge in [-0.25, -0.2) is 4.79 Å². The van der Waals surface area contributed by atoms with E-state index in [1.165, 1.54) is 7.11 Å². The van der Waals surface area contributed by atoms with Crippen molar-refractivity contribution >= 4 is 17.7 Å². The van der Waals surface area contributed by atoms with E-state index in [1.807, 2.05) is 6.92 Å². The SMILES string of the molecule is CCSCC#CC(=O)OC. The maximum absolute atomic E-state index is 10.4. The molecule has 0 unspecified atom stereocenters. The Labute approximate surface area is 65.3 Å². The van der Waals surface area contributed by atoms with Crippen LogP contribution in [0.2, 0.25) is 0 Å². The predicted molar refractivity (Wildman–Crippen MR) is 42.8 cm³/mol. The molecule has 0 saturated heterocycles. The van der Waals surface area contributed by atoms with Gasteiger partial charge in [0.25, 0.3) is 0 Å². The number of methoxy groups -OCH3 is 1. The number of rotatable bonds is 2. The molecular formula is C7H10O2S. The van der Waals surface area contributed by atoms with Gasteiger partial charge in [0, 0.05) is 5.92 Å². The fraction of sp³-hybridized carbons (Fsp3) is 0.571. The fourth-order valence-corrected chi connectivity index (χ4v) is 0.691. The lowest BCUT2D eigenvalue weighted by molar-refractivity contribution is -0.133. The lowest BCUT2D eigenvalue weighted by Gasteiger charge is -1.85. The Morgan fingerprint density at radius 2 is 2.40 bits per heavy atom. The van der Waals surface area contributed by atoms with E-state index in [4.69, 9.17) is 0 Å². The summed E-state index contributed by atoms with van der Waals surface area (Å²) in [5.41, 5.74) is 0. The molecule has 0 spiro atoms. The molecule has 0 aliphatic carbocycles. The van der Waals surface area contributed by atoms with Crippen molar-refractivity contribution in [2.45, 2.75) is 6.92 Å². The van der Waals surface area contributed by atoms with Gasteiger partial charge in [0.15, 0.2) is 0 Å². The molecule has 0 aromatic carbocycles. The van der Waals surface area contributed by atoms with Gasteiger partial charge in [-0.2, -0.15) is 0 Å². The van der Waals surface area contributed by atoms with E-state index >= 15 is 0 Å². The molecule has 0 aliphatic heterocycles. The van der Waals surface area contributed by atoms with Crippen molar-refractivity contribution in [2.75, 3.05) is 18.6 Å². The zero-order valence-electron chi connectivity index (χ0n) is 6.14. The first kappa shape index (κ1) is 9.38. The summed E-state index contributed by atoms with van der Waals surface area (Å²) in [6.45, 7) is 2.05. The van der Waals surface area contributed by atoms with Crippen molar-refractivity contribution in [1.82, 2.24) is 0 Å². The molecule has 0 fully saturated rings. The molecule has 56 valence electrons. The molecule has 0 aliphatic rings. The van der Waals surface area contributed by atoms with Crippen molar-refractivity contribution in [1.29, 1.82) is 0 Å². The first-order valence-corrected chi connectivity index (χ1v) is 4.11. The molecule has 0 N–H and O–H groups in total. The van der Waals surface area contributed by atoms with Crippen molar-refractivity contribution in [2.24, 2.45) is 0 Å². The van der Waals surface area contributed by atoms with Gasteiger partial charge in [-0.1, -0.05) is 12.8 Å². The molecule has 0 bridgehead atoms. The predicted octanol–water partition coefficient (Wildman–Crippen LogP) is 0.916. The van der Waals surface area contributed by atoms with Crippen molar-refractivity contribution < 1.29 is 9.53 Å². The Bertz CT molecular complexity index is 155. The number of carbonyl (C=O) groups is 1. The normalized spacial score (nSPS) is 7.80. The van der Waals surface area contributed by atoms with Crippen LogP contribution in [0.25, 0.3) is 0 Å². The smallest absolute Gasteiger partial charge is 0.384 e. The minimum atomic E-state index is -0.461. The van der Waals surface area contributed by atoms with E-state index < -0.39 is 5.97 Å². The van der Waals surface area contributed by atoms with E-state index in [1.54, 1.807) is 11.8 Å². The Kier molecular flexibility index (Phi) is 6.10. The first-order chi connectivity index (χ1) is 4.81. The van der Waals surface area contributed by atoms with Crippen LogP contribution in [0.3, 0.4) is 0 Å². The zero-order chi connectivity index (χ0) is 7.82. The quantitative estimate of drug-likeness (QED) is 0.259. The molecular weight excluding hydrogens is 148 g/mol. The van der Waals surface area contributed by atoms with E-state index in [0.717, 1.165) is 5.75 Å². The Balaban J connectivity index is 3.39. The molecule has 10 heavy (non-hydrogen) atoms. The molecule has 3 heteroatoms. The first-order valence-electron chi connectivity index (χ1n) is 2.95. The number of carbonyl (C=O) groups excluding carboxylic acids is 1. The third kappa shape index (κ3) is 5.52. The molecule has 0 saturated carbocycles. The molecule has 0 aromatic rings. The van der Waals surface area contributed by atoms with Gasteiger partial charge < -0.3 is 4.74 Å². The van der Waals surface area contributed by atoms with Gasteiger partial charge in [-0.05, 0) is 5.75 Å². The average Bonchev–Trinajstić information content (AvgIpc) is 1.98. The summed E-state index contributed by atoms with van der Waals surface area (Å²) in [6, 6.07) is 0. The average molecular weight is 158 g/mol. The van der Waals surface area contributed by atoms with E-state index in [-0.39, 0.29) is 0 Å². The van der Waals surface area contributed by atoms with Crippen molar-refractivity contribution in [3.63, 3.8) is 0 Å². The number of thioether (sulfide) groups is 1. The van der Waals surface area contributed by atoms with Gasteiger partial charge in [0.05, 0.1) is 12.9 Å². The highest BCUT2D eigenvalue weighted by atomic mass is 32.2. The topological polar surface area (TPSA) is 26.3 Å². The Hall–Kier alpha value is -0.620. The number of hydrogen-bond donors (Lipinski definition) is 0. The number of ether oxygens (including phenoxy) is 1. The highest BCUT2D eigenvalue weighted by molar-refractivity contribution is 7.99. The molecule has 0 amide bonds. The summed E-state index contributed by atoms with van der Waals surface area (Å²) >= 11 is 1.68. The van der Waals surface area contributed by atoms with Crippen molar-refractivity contribution in [3.05, 3.63) is 0 Å². The highest BCUT2D eigenvalue weighted by Crippen LogP contribution is 1.94. The molecule has 0 rings (SSSR count). The maximum Gasteiger partial charge on any atom is 0.384 e. The lowest BCUT2D eigenvalue weighted by atomic mass is 10.6. The largest absolute Gasteiger partial charge is 0.459 e. The standard InChI is InChI=1S/C7H10O2S/c1-3-10-6-4-5-7(8)9-2/h3,6H2,1-2H3. The highest BCUT2D eigenvalue weighted by Gasteiger charge is 1.87. The minimum absolute atomic E-state index is 0.461. The monoisotopic (exact) mass is 158 g/mol. The van der Waals surface area contributed by atoms with Crippen LogP contribution in [-0.4, -0.2) is 24.6 Å². The summed E-state index contributed by atoms with van der Waals surface area (Å²) in [5.74, 6) is 6.27. The van der Waals surface area contributed by atoms with Crippen LogP contribution in [0.5, 0.6) is 0 Å². The van der Waals surface area contributed by atoms with E-state index in [9.17, 15) is 4.79 Å². The van der Waals surface area contributed by atoms with Crippen LogP contribution >= 0.6 is 11.8 Å². The molecule has 0 radical (unpaired) electrons. The summed E-state index contributed by atoms with van der Waals surface area (Å²) in [5, 5.41) is 0. The van der Waals surface area contributed by atoms with Gasteiger partial charge >= 0.3 is 5.97 Å². The number of esters is 1. The second kappa shape index (κ2) is 6.50. The molecule has 0 atom stereocenters. The van der Waals surface area contributed by atoms with Gasteiger partial charge in [0.1, 0.15) is 0 Å². The van der Waals surface area contributed by atoms with Crippen LogP contribution in [0.15, 0.2) is 0 Å². The van der Waals surface area contributed by atoms with Crippen LogP contribution in [-0.2, 0) is 9.53 Å². The maximum atomic E-state index is 10.4. The Morgan fingerprint density at radius 3 is 2.90 bits per heavy atom. The molecule has 2 nitrogen and oxygen atoms in total.